The first-order chi connectivity index (χ1) is 12.6. The Morgan fingerprint density at radius 3 is 2.42 bits per heavy atom. The number of hydrogen-bond acceptors (Lipinski definition) is 6. The number of amides is 2. The van der Waals surface area contributed by atoms with Gasteiger partial charge in [0.05, 0.1) is 22.3 Å². The second kappa shape index (κ2) is 8.20. The van der Waals surface area contributed by atoms with E-state index in [-0.39, 0.29) is 11.8 Å². The van der Waals surface area contributed by atoms with Gasteiger partial charge in [0.2, 0.25) is 5.91 Å². The first-order valence-corrected chi connectivity index (χ1v) is 9.31. The molecule has 26 heavy (non-hydrogen) atoms. The molecular formula is C18H21N3O4S. The summed E-state index contributed by atoms with van der Waals surface area (Å²) in [6, 6.07) is 6.22. The smallest absolute Gasteiger partial charge is 0.265 e. The lowest BCUT2D eigenvalue weighted by Gasteiger charge is -2.22. The van der Waals surface area contributed by atoms with Gasteiger partial charge >= 0.3 is 0 Å². The van der Waals surface area contributed by atoms with Crippen LogP contribution in [-0.2, 0) is 4.79 Å². The van der Waals surface area contributed by atoms with E-state index in [1.807, 2.05) is 12.3 Å². The first-order valence-electron chi connectivity index (χ1n) is 8.43. The van der Waals surface area contributed by atoms with E-state index in [0.717, 1.165) is 6.42 Å². The number of nitrogens with one attached hydrogen (secondary N) is 2. The summed E-state index contributed by atoms with van der Waals surface area (Å²) in [5.41, 5.74) is 6.75. The summed E-state index contributed by atoms with van der Waals surface area (Å²) in [6.45, 7) is 2.82. The number of fused-ring (bicyclic) bond motifs is 1. The van der Waals surface area contributed by atoms with Crippen molar-refractivity contribution in [2.45, 2.75) is 25.8 Å². The van der Waals surface area contributed by atoms with Crippen LogP contribution >= 0.6 is 11.3 Å². The van der Waals surface area contributed by atoms with Crippen LogP contribution in [0.2, 0.25) is 0 Å². The fourth-order valence-corrected chi connectivity index (χ4v) is 3.17. The minimum atomic E-state index is -0.617. The van der Waals surface area contributed by atoms with Gasteiger partial charge in [0.1, 0.15) is 13.2 Å². The third-order valence-corrected chi connectivity index (χ3v) is 4.74. The third-order valence-electron chi connectivity index (χ3n) is 3.87. The van der Waals surface area contributed by atoms with Gasteiger partial charge in [-0.15, -0.1) is 11.3 Å². The van der Waals surface area contributed by atoms with Crippen LogP contribution < -0.4 is 25.8 Å². The number of anilines is 2. The monoisotopic (exact) mass is 375 g/mol. The van der Waals surface area contributed by atoms with Crippen molar-refractivity contribution in [2.75, 3.05) is 23.8 Å². The summed E-state index contributed by atoms with van der Waals surface area (Å²) in [4.78, 5) is 25.3. The molecule has 1 aromatic heterocycles. The Morgan fingerprint density at radius 1 is 1.19 bits per heavy atom. The van der Waals surface area contributed by atoms with Crippen molar-refractivity contribution in [3.8, 4) is 11.5 Å². The summed E-state index contributed by atoms with van der Waals surface area (Å²) in [5.74, 6) is 0.471. The molecule has 0 radical (unpaired) electrons. The van der Waals surface area contributed by atoms with Gasteiger partial charge < -0.3 is 25.8 Å². The van der Waals surface area contributed by atoms with Crippen LogP contribution in [0.15, 0.2) is 29.6 Å². The van der Waals surface area contributed by atoms with Gasteiger partial charge in [0.25, 0.3) is 5.91 Å². The highest BCUT2D eigenvalue weighted by Gasteiger charge is 2.21. The molecule has 1 aromatic carbocycles. The van der Waals surface area contributed by atoms with E-state index in [1.54, 1.807) is 24.3 Å². The van der Waals surface area contributed by atoms with Gasteiger partial charge in [-0.3, -0.25) is 9.59 Å². The van der Waals surface area contributed by atoms with E-state index < -0.39 is 6.04 Å². The minimum absolute atomic E-state index is 0.259. The number of ether oxygens (including phenoxy) is 2. The second-order valence-corrected chi connectivity index (χ2v) is 6.80. The number of carbonyl (C=O) groups is 2. The molecule has 0 spiro atoms. The Hall–Kier alpha value is -2.58. The fourth-order valence-electron chi connectivity index (χ4n) is 2.55. The minimum Gasteiger partial charge on any atom is -0.486 e. The molecule has 2 heterocycles. The van der Waals surface area contributed by atoms with Gasteiger partial charge in [-0.1, -0.05) is 19.4 Å². The Kier molecular flexibility index (Phi) is 5.75. The van der Waals surface area contributed by atoms with Crippen LogP contribution in [0.5, 0.6) is 11.5 Å². The maximum atomic E-state index is 12.4. The SMILES string of the molecule is CCCC(N)C(=O)Nc1cc2c(cc1NC(=O)c1cccs1)OCCO2. The molecule has 3 rings (SSSR count). The zero-order valence-electron chi connectivity index (χ0n) is 14.4. The lowest BCUT2D eigenvalue weighted by Crippen LogP contribution is -2.35. The van der Waals surface area contributed by atoms with Crippen LogP contribution in [-0.4, -0.2) is 31.1 Å². The predicted octanol–water partition coefficient (Wildman–Crippen LogP) is 2.84. The number of hydrogen-bond donors (Lipinski definition) is 3. The van der Waals surface area contributed by atoms with Crippen LogP contribution in [0, 0.1) is 0 Å². The Balaban J connectivity index is 1.87. The zero-order chi connectivity index (χ0) is 18.5. The number of benzene rings is 1. The van der Waals surface area contributed by atoms with E-state index in [9.17, 15) is 9.59 Å². The average molecular weight is 375 g/mol. The summed E-state index contributed by atoms with van der Waals surface area (Å²) in [5, 5.41) is 7.43. The zero-order valence-corrected chi connectivity index (χ0v) is 15.2. The maximum absolute atomic E-state index is 12.4. The largest absolute Gasteiger partial charge is 0.486 e. The Morgan fingerprint density at radius 2 is 1.85 bits per heavy atom. The van der Waals surface area contributed by atoms with Crippen molar-refractivity contribution in [1.82, 2.24) is 0 Å². The van der Waals surface area contributed by atoms with E-state index in [4.69, 9.17) is 15.2 Å². The van der Waals surface area contributed by atoms with E-state index in [1.165, 1.54) is 11.3 Å². The third kappa shape index (κ3) is 4.14. The van der Waals surface area contributed by atoms with Gasteiger partial charge in [0, 0.05) is 12.1 Å². The highest BCUT2D eigenvalue weighted by Crippen LogP contribution is 2.38. The molecule has 4 N–H and O–H groups in total. The second-order valence-electron chi connectivity index (χ2n) is 5.86. The standard InChI is InChI=1S/C18H21N3O4S/c1-2-4-11(19)17(22)20-12-9-14-15(25-7-6-24-14)10-13(12)21-18(23)16-5-3-8-26-16/h3,5,8-11H,2,4,6-7,19H2,1H3,(H,20,22)(H,21,23). The molecule has 138 valence electrons. The molecule has 0 saturated carbocycles. The van der Waals surface area contributed by atoms with Gasteiger partial charge in [-0.25, -0.2) is 0 Å². The predicted molar refractivity (Wildman–Crippen MR) is 101 cm³/mol. The van der Waals surface area contributed by atoms with E-state index in [0.29, 0.717) is 47.4 Å². The molecule has 0 aliphatic carbocycles. The molecule has 1 atom stereocenters. The average Bonchev–Trinajstić information content (AvgIpc) is 3.17. The van der Waals surface area contributed by atoms with Crippen molar-refractivity contribution in [3.63, 3.8) is 0 Å². The molecule has 2 aromatic rings. The van der Waals surface area contributed by atoms with Crippen LogP contribution in [0.4, 0.5) is 11.4 Å². The highest BCUT2D eigenvalue weighted by atomic mass is 32.1. The van der Waals surface area contributed by atoms with Gasteiger partial charge in [-0.05, 0) is 17.9 Å². The van der Waals surface area contributed by atoms with Crippen LogP contribution in [0.3, 0.4) is 0 Å². The lowest BCUT2D eigenvalue weighted by molar-refractivity contribution is -0.117. The number of rotatable bonds is 6. The molecule has 1 aliphatic rings. The van der Waals surface area contributed by atoms with Crippen molar-refractivity contribution in [2.24, 2.45) is 5.73 Å². The molecule has 2 amide bonds. The Bertz CT molecular complexity index is 792. The Labute approximate surface area is 155 Å². The lowest BCUT2D eigenvalue weighted by atomic mass is 10.1. The molecule has 0 fully saturated rings. The summed E-state index contributed by atoms with van der Waals surface area (Å²) in [7, 11) is 0. The van der Waals surface area contributed by atoms with Crippen molar-refractivity contribution in [1.29, 1.82) is 0 Å². The number of thiophene rings is 1. The summed E-state index contributed by atoms with van der Waals surface area (Å²) in [6.07, 6.45) is 1.38. The van der Waals surface area contributed by atoms with E-state index >= 15 is 0 Å². The van der Waals surface area contributed by atoms with Crippen LogP contribution in [0.1, 0.15) is 29.4 Å². The normalized spacial score (nSPS) is 13.8. The van der Waals surface area contributed by atoms with Crippen molar-refractivity contribution >= 4 is 34.5 Å². The molecule has 0 bridgehead atoms. The van der Waals surface area contributed by atoms with E-state index in [2.05, 4.69) is 10.6 Å². The van der Waals surface area contributed by atoms with Gasteiger partial charge in [0.15, 0.2) is 11.5 Å². The number of carbonyl (C=O) groups excluding carboxylic acids is 2. The van der Waals surface area contributed by atoms with Crippen molar-refractivity contribution in [3.05, 3.63) is 34.5 Å². The molecule has 0 saturated heterocycles. The molecule has 1 unspecified atom stereocenters. The fraction of sp³-hybridized carbons (Fsp3) is 0.333. The highest BCUT2D eigenvalue weighted by molar-refractivity contribution is 7.12. The first kappa shape index (κ1) is 18.2. The summed E-state index contributed by atoms with van der Waals surface area (Å²) < 4.78 is 11.1. The molecule has 7 nitrogen and oxygen atoms in total. The quantitative estimate of drug-likeness (QED) is 0.720. The topological polar surface area (TPSA) is 103 Å². The molecule has 8 heteroatoms. The number of nitrogens with two attached hydrogens (primary N) is 1. The van der Waals surface area contributed by atoms with Gasteiger partial charge in [-0.2, -0.15) is 0 Å². The van der Waals surface area contributed by atoms with Crippen molar-refractivity contribution < 1.29 is 19.1 Å². The maximum Gasteiger partial charge on any atom is 0.265 e. The molecule has 1 aliphatic heterocycles. The van der Waals surface area contributed by atoms with Crippen LogP contribution in [0.25, 0.3) is 0 Å². The summed E-state index contributed by atoms with van der Waals surface area (Å²) >= 11 is 1.33. The molecular weight excluding hydrogens is 354 g/mol.